The van der Waals surface area contributed by atoms with Gasteiger partial charge in [-0.05, 0) is 38.3 Å². The summed E-state index contributed by atoms with van der Waals surface area (Å²) in [5.41, 5.74) is 0. The minimum Gasteiger partial charge on any atom is -0.337 e. The first-order chi connectivity index (χ1) is 10.7. The molecule has 2 atom stereocenters. The van der Waals surface area contributed by atoms with Crippen molar-refractivity contribution in [3.8, 4) is 0 Å². The molecule has 3 rings (SSSR count). The van der Waals surface area contributed by atoms with Gasteiger partial charge in [0, 0.05) is 19.0 Å². The molecule has 0 spiro atoms. The Bertz CT molecular complexity index is 631. The van der Waals surface area contributed by atoms with Gasteiger partial charge in [-0.15, -0.1) is 23.7 Å². The van der Waals surface area contributed by atoms with Gasteiger partial charge in [0.05, 0.1) is 4.88 Å². The summed E-state index contributed by atoms with van der Waals surface area (Å²) >= 11 is 1.47. The van der Waals surface area contributed by atoms with E-state index >= 15 is 0 Å². The van der Waals surface area contributed by atoms with Crippen LogP contribution in [0.4, 0.5) is 0 Å². The van der Waals surface area contributed by atoms with Crippen molar-refractivity contribution in [2.24, 2.45) is 0 Å². The fraction of sp³-hybridized carbons (Fsp3) is 0.533. The molecular weight excluding hydrogens is 336 g/mol. The fourth-order valence-electron chi connectivity index (χ4n) is 2.67. The molecule has 0 radical (unpaired) electrons. The number of nitrogens with zero attached hydrogens (tertiary/aromatic N) is 3. The first-order valence-corrected chi connectivity index (χ1v) is 8.41. The highest BCUT2D eigenvalue weighted by atomic mass is 35.5. The number of amides is 1. The summed E-state index contributed by atoms with van der Waals surface area (Å²) in [6.07, 6.45) is 2.55. The number of carbonyl (C=O) groups excluding carboxylic acids is 1. The zero-order valence-corrected chi connectivity index (χ0v) is 14.8. The largest absolute Gasteiger partial charge is 0.337 e. The van der Waals surface area contributed by atoms with Gasteiger partial charge in [0.25, 0.3) is 5.91 Å². The van der Waals surface area contributed by atoms with E-state index in [1.165, 1.54) is 11.3 Å². The van der Waals surface area contributed by atoms with Crippen molar-refractivity contribution in [2.45, 2.75) is 38.3 Å². The van der Waals surface area contributed by atoms with Gasteiger partial charge < -0.3 is 14.7 Å². The van der Waals surface area contributed by atoms with Gasteiger partial charge in [-0.3, -0.25) is 4.79 Å². The zero-order valence-electron chi connectivity index (χ0n) is 13.2. The van der Waals surface area contributed by atoms with Crippen LogP contribution >= 0.6 is 23.7 Å². The Balaban J connectivity index is 0.00000192. The fourth-order valence-corrected chi connectivity index (χ4v) is 3.35. The van der Waals surface area contributed by atoms with Gasteiger partial charge in [0.15, 0.2) is 5.82 Å². The normalized spacial score (nSPS) is 18.7. The minimum absolute atomic E-state index is 0. The second-order valence-electron chi connectivity index (χ2n) is 5.58. The van der Waals surface area contributed by atoms with Crippen molar-refractivity contribution < 1.29 is 9.32 Å². The van der Waals surface area contributed by atoms with Gasteiger partial charge in [0.1, 0.15) is 6.04 Å². The number of carbonyl (C=O) groups is 1. The van der Waals surface area contributed by atoms with Gasteiger partial charge in [0.2, 0.25) is 5.89 Å². The minimum atomic E-state index is -0.0965. The lowest BCUT2D eigenvalue weighted by atomic mass is 10.2. The molecule has 126 valence electrons. The molecule has 2 aromatic heterocycles. The second kappa shape index (κ2) is 7.90. The van der Waals surface area contributed by atoms with Crippen molar-refractivity contribution in [2.75, 3.05) is 13.6 Å². The number of rotatable bonds is 5. The molecule has 3 heterocycles. The third-order valence-electron chi connectivity index (χ3n) is 4.00. The van der Waals surface area contributed by atoms with E-state index in [1.54, 1.807) is 0 Å². The molecule has 2 aromatic rings. The highest BCUT2D eigenvalue weighted by Gasteiger charge is 2.34. The molecule has 0 aliphatic carbocycles. The zero-order chi connectivity index (χ0) is 15.5. The van der Waals surface area contributed by atoms with Gasteiger partial charge >= 0.3 is 0 Å². The number of likely N-dealkylation sites (tertiary alicyclic amines) is 1. The van der Waals surface area contributed by atoms with E-state index < -0.39 is 0 Å². The van der Waals surface area contributed by atoms with E-state index in [0.29, 0.717) is 18.1 Å². The molecule has 0 bridgehead atoms. The topological polar surface area (TPSA) is 71.3 Å². The monoisotopic (exact) mass is 356 g/mol. The summed E-state index contributed by atoms with van der Waals surface area (Å²) in [5.74, 6) is 1.30. The predicted molar refractivity (Wildman–Crippen MR) is 91.1 cm³/mol. The van der Waals surface area contributed by atoms with Gasteiger partial charge in [-0.1, -0.05) is 11.2 Å². The highest BCUT2D eigenvalue weighted by molar-refractivity contribution is 7.12. The molecular formula is C15H21ClN4O2S. The van der Waals surface area contributed by atoms with Crippen molar-refractivity contribution >= 4 is 29.7 Å². The van der Waals surface area contributed by atoms with Crippen LogP contribution in [0, 0.1) is 0 Å². The lowest BCUT2D eigenvalue weighted by molar-refractivity contribution is 0.0715. The lowest BCUT2D eigenvalue weighted by Gasteiger charge is -2.21. The quantitative estimate of drug-likeness (QED) is 0.891. The first-order valence-electron chi connectivity index (χ1n) is 7.53. The second-order valence-corrected chi connectivity index (χ2v) is 6.52. The average Bonchev–Trinajstić information content (AvgIpc) is 3.26. The summed E-state index contributed by atoms with van der Waals surface area (Å²) in [6.45, 7) is 2.81. The summed E-state index contributed by atoms with van der Waals surface area (Å²) < 4.78 is 5.41. The van der Waals surface area contributed by atoms with Crippen LogP contribution in [0.2, 0.25) is 0 Å². The highest BCUT2D eigenvalue weighted by Crippen LogP contribution is 2.32. The summed E-state index contributed by atoms with van der Waals surface area (Å²) in [6, 6.07) is 3.95. The van der Waals surface area contributed by atoms with Crippen molar-refractivity contribution in [3.05, 3.63) is 34.1 Å². The van der Waals surface area contributed by atoms with E-state index in [-0.39, 0.29) is 30.4 Å². The van der Waals surface area contributed by atoms with Crippen LogP contribution in [0.5, 0.6) is 0 Å². The molecule has 1 amide bonds. The number of likely N-dealkylation sites (N-methyl/N-ethyl adjacent to an activating group) is 1. The smallest absolute Gasteiger partial charge is 0.264 e. The number of hydrogen-bond acceptors (Lipinski definition) is 6. The Kier molecular flexibility index (Phi) is 6.15. The van der Waals surface area contributed by atoms with Crippen LogP contribution < -0.4 is 5.32 Å². The maximum atomic E-state index is 12.6. The number of halogens is 1. The number of hydrogen-bond donors (Lipinski definition) is 1. The molecule has 8 heteroatoms. The van der Waals surface area contributed by atoms with E-state index in [2.05, 4.69) is 22.4 Å². The molecule has 0 saturated carbocycles. The molecule has 23 heavy (non-hydrogen) atoms. The van der Waals surface area contributed by atoms with Crippen molar-refractivity contribution in [3.63, 3.8) is 0 Å². The molecule has 2 unspecified atom stereocenters. The van der Waals surface area contributed by atoms with Crippen LogP contribution in [0.1, 0.15) is 47.2 Å². The number of aromatic nitrogens is 2. The van der Waals surface area contributed by atoms with Crippen LogP contribution in [-0.2, 0) is 6.42 Å². The van der Waals surface area contributed by atoms with E-state index in [0.717, 1.165) is 24.3 Å². The SMILES string of the molecule is CNC(C)Cc1noc(C2CCCN2C(=O)c2cccs2)n1.Cl. The Morgan fingerprint density at radius 2 is 2.43 bits per heavy atom. The van der Waals surface area contributed by atoms with Crippen molar-refractivity contribution in [1.82, 2.24) is 20.4 Å². The maximum Gasteiger partial charge on any atom is 0.264 e. The van der Waals surface area contributed by atoms with Gasteiger partial charge in [-0.25, -0.2) is 0 Å². The molecule has 1 aliphatic heterocycles. The number of thiophene rings is 1. The molecule has 1 N–H and O–H groups in total. The van der Waals surface area contributed by atoms with Crippen LogP contribution in [-0.4, -0.2) is 40.6 Å². The molecule has 1 saturated heterocycles. The van der Waals surface area contributed by atoms with Crippen LogP contribution in [0.15, 0.2) is 22.0 Å². The third kappa shape index (κ3) is 3.91. The summed E-state index contributed by atoms with van der Waals surface area (Å²) in [4.78, 5) is 19.7. The van der Waals surface area contributed by atoms with Crippen molar-refractivity contribution in [1.29, 1.82) is 0 Å². The Morgan fingerprint density at radius 1 is 1.61 bits per heavy atom. The summed E-state index contributed by atoms with van der Waals surface area (Å²) in [5, 5.41) is 9.12. The van der Waals surface area contributed by atoms with E-state index in [1.807, 2.05) is 29.5 Å². The van der Waals surface area contributed by atoms with E-state index in [4.69, 9.17) is 4.52 Å². The standard InChI is InChI=1S/C15H20N4O2S.ClH/c1-10(16-2)9-13-17-14(21-18-13)11-5-3-7-19(11)15(20)12-6-4-8-22-12;/h4,6,8,10-11,16H,3,5,7,9H2,1-2H3;1H. The van der Waals surface area contributed by atoms with E-state index in [9.17, 15) is 4.79 Å². The Morgan fingerprint density at radius 3 is 3.13 bits per heavy atom. The number of nitrogens with one attached hydrogen (secondary N) is 1. The molecule has 1 fully saturated rings. The maximum absolute atomic E-state index is 12.6. The Hall–Kier alpha value is -1.44. The average molecular weight is 357 g/mol. The molecule has 0 aromatic carbocycles. The van der Waals surface area contributed by atoms with Crippen LogP contribution in [0.3, 0.4) is 0 Å². The van der Waals surface area contributed by atoms with Gasteiger partial charge in [-0.2, -0.15) is 4.98 Å². The molecule has 6 nitrogen and oxygen atoms in total. The van der Waals surface area contributed by atoms with Crippen LogP contribution in [0.25, 0.3) is 0 Å². The lowest BCUT2D eigenvalue weighted by Crippen LogP contribution is -2.30. The summed E-state index contributed by atoms with van der Waals surface area (Å²) in [7, 11) is 1.91. The third-order valence-corrected chi connectivity index (χ3v) is 4.85. The first kappa shape index (κ1) is 17.9. The predicted octanol–water partition coefficient (Wildman–Crippen LogP) is 2.68. The molecule has 1 aliphatic rings. The Labute approximate surface area is 145 Å².